The average Bonchev–Trinajstić information content (AvgIpc) is 2.68. The SMILES string of the molecule is N#CCc1nc(-c2ccccn2)n[nH]1. The Kier molecular flexibility index (Phi) is 2.19. The quantitative estimate of drug-likeness (QED) is 0.754. The molecule has 0 bridgehead atoms. The van der Waals surface area contributed by atoms with Gasteiger partial charge in [-0.1, -0.05) is 6.07 Å². The van der Waals surface area contributed by atoms with Gasteiger partial charge < -0.3 is 0 Å². The molecule has 0 radical (unpaired) electrons. The maximum absolute atomic E-state index is 8.45. The molecule has 0 amide bonds. The van der Waals surface area contributed by atoms with Gasteiger partial charge in [0.25, 0.3) is 0 Å². The van der Waals surface area contributed by atoms with E-state index < -0.39 is 0 Å². The van der Waals surface area contributed by atoms with Gasteiger partial charge in [0.15, 0.2) is 5.82 Å². The minimum absolute atomic E-state index is 0.236. The van der Waals surface area contributed by atoms with Gasteiger partial charge in [-0.3, -0.25) is 10.1 Å². The molecule has 0 aromatic carbocycles. The second-order valence-corrected chi connectivity index (χ2v) is 2.66. The van der Waals surface area contributed by atoms with Gasteiger partial charge in [-0.2, -0.15) is 10.4 Å². The van der Waals surface area contributed by atoms with Crippen molar-refractivity contribution in [1.29, 1.82) is 5.26 Å². The lowest BCUT2D eigenvalue weighted by molar-refractivity contribution is 0.995. The Hall–Kier alpha value is -2.22. The van der Waals surface area contributed by atoms with Gasteiger partial charge >= 0.3 is 0 Å². The summed E-state index contributed by atoms with van der Waals surface area (Å²) >= 11 is 0. The molecular formula is C9H7N5. The van der Waals surface area contributed by atoms with Crippen LogP contribution in [0.1, 0.15) is 5.82 Å². The van der Waals surface area contributed by atoms with Gasteiger partial charge in [-0.15, -0.1) is 0 Å². The largest absolute Gasteiger partial charge is 0.262 e. The topological polar surface area (TPSA) is 78.2 Å². The molecule has 2 heterocycles. The Bertz CT molecular complexity index is 454. The van der Waals surface area contributed by atoms with Crippen LogP contribution in [0.5, 0.6) is 0 Å². The van der Waals surface area contributed by atoms with Crippen molar-refractivity contribution in [3.8, 4) is 17.6 Å². The Labute approximate surface area is 80.4 Å². The summed E-state index contributed by atoms with van der Waals surface area (Å²) in [5, 5.41) is 15.1. The molecule has 1 N–H and O–H groups in total. The highest BCUT2D eigenvalue weighted by Crippen LogP contribution is 2.09. The fourth-order valence-electron chi connectivity index (χ4n) is 1.06. The summed E-state index contributed by atoms with van der Waals surface area (Å²) in [7, 11) is 0. The van der Waals surface area contributed by atoms with E-state index in [0.29, 0.717) is 17.3 Å². The Balaban J connectivity index is 2.31. The number of aromatic nitrogens is 4. The number of hydrogen-bond acceptors (Lipinski definition) is 4. The minimum Gasteiger partial charge on any atom is -0.262 e. The van der Waals surface area contributed by atoms with Crippen molar-refractivity contribution >= 4 is 0 Å². The second kappa shape index (κ2) is 3.66. The number of H-pyrrole nitrogens is 1. The molecule has 0 saturated heterocycles. The van der Waals surface area contributed by atoms with Crippen LogP contribution >= 0.6 is 0 Å². The van der Waals surface area contributed by atoms with Crippen LogP contribution in [0.15, 0.2) is 24.4 Å². The Morgan fingerprint density at radius 1 is 1.43 bits per heavy atom. The predicted molar refractivity (Wildman–Crippen MR) is 48.9 cm³/mol. The van der Waals surface area contributed by atoms with Crippen LogP contribution < -0.4 is 0 Å². The second-order valence-electron chi connectivity index (χ2n) is 2.66. The van der Waals surface area contributed by atoms with E-state index in [4.69, 9.17) is 5.26 Å². The molecule has 0 unspecified atom stereocenters. The van der Waals surface area contributed by atoms with Crippen LogP contribution in [0, 0.1) is 11.3 Å². The summed E-state index contributed by atoms with van der Waals surface area (Å²) in [6, 6.07) is 7.50. The summed E-state index contributed by atoms with van der Waals surface area (Å²) in [6.07, 6.45) is 1.91. The van der Waals surface area contributed by atoms with E-state index in [1.807, 2.05) is 24.3 Å². The maximum Gasteiger partial charge on any atom is 0.199 e. The third-order valence-corrected chi connectivity index (χ3v) is 1.67. The molecule has 0 atom stereocenters. The van der Waals surface area contributed by atoms with E-state index in [-0.39, 0.29) is 6.42 Å². The third-order valence-electron chi connectivity index (χ3n) is 1.67. The molecule has 68 valence electrons. The van der Waals surface area contributed by atoms with Crippen LogP contribution in [0.3, 0.4) is 0 Å². The first-order valence-electron chi connectivity index (χ1n) is 4.10. The number of aromatic amines is 1. The first-order chi connectivity index (χ1) is 6.90. The van der Waals surface area contributed by atoms with Gasteiger partial charge in [0, 0.05) is 6.20 Å². The Morgan fingerprint density at radius 2 is 2.36 bits per heavy atom. The predicted octanol–water partition coefficient (Wildman–Crippen LogP) is 0.933. The van der Waals surface area contributed by atoms with Gasteiger partial charge in [-0.05, 0) is 12.1 Å². The fraction of sp³-hybridized carbons (Fsp3) is 0.111. The lowest BCUT2D eigenvalue weighted by Gasteiger charge is -1.90. The third kappa shape index (κ3) is 1.59. The van der Waals surface area contributed by atoms with Gasteiger partial charge in [-0.25, -0.2) is 4.98 Å². The zero-order valence-electron chi connectivity index (χ0n) is 7.31. The molecule has 0 saturated carbocycles. The molecule has 5 heteroatoms. The smallest absolute Gasteiger partial charge is 0.199 e. The van der Waals surface area contributed by atoms with Gasteiger partial charge in [0.2, 0.25) is 0 Å². The summed E-state index contributed by atoms with van der Waals surface area (Å²) in [5.74, 6) is 1.09. The molecular weight excluding hydrogens is 178 g/mol. The van der Waals surface area contributed by atoms with Crippen LogP contribution in [-0.2, 0) is 6.42 Å². The minimum atomic E-state index is 0.236. The van der Waals surface area contributed by atoms with Crippen molar-refractivity contribution < 1.29 is 0 Å². The molecule has 0 aliphatic carbocycles. The maximum atomic E-state index is 8.45. The number of hydrogen-bond donors (Lipinski definition) is 1. The van der Waals surface area contributed by atoms with Crippen molar-refractivity contribution in [3.63, 3.8) is 0 Å². The molecule has 0 fully saturated rings. The molecule has 14 heavy (non-hydrogen) atoms. The van der Waals surface area contributed by atoms with Gasteiger partial charge in [0.05, 0.1) is 12.5 Å². The number of nitriles is 1. The van der Waals surface area contributed by atoms with Crippen LogP contribution in [0.25, 0.3) is 11.5 Å². The summed E-state index contributed by atoms with van der Waals surface area (Å²) in [6.45, 7) is 0. The highest BCUT2D eigenvalue weighted by Gasteiger charge is 2.05. The summed E-state index contributed by atoms with van der Waals surface area (Å²) in [5.41, 5.74) is 0.702. The molecule has 5 nitrogen and oxygen atoms in total. The number of nitrogens with zero attached hydrogens (tertiary/aromatic N) is 4. The highest BCUT2D eigenvalue weighted by molar-refractivity contribution is 5.47. The van der Waals surface area contributed by atoms with Crippen molar-refractivity contribution in [2.45, 2.75) is 6.42 Å². The molecule has 2 aromatic heterocycles. The van der Waals surface area contributed by atoms with Crippen molar-refractivity contribution in [1.82, 2.24) is 20.2 Å². The standard InChI is InChI=1S/C9H7N5/c10-5-4-8-12-9(14-13-8)7-3-1-2-6-11-7/h1-3,6H,4H2,(H,12,13,14). The zero-order valence-corrected chi connectivity index (χ0v) is 7.31. The van der Waals surface area contributed by atoms with Crippen molar-refractivity contribution in [2.24, 2.45) is 0 Å². The number of pyridine rings is 1. The van der Waals surface area contributed by atoms with Gasteiger partial charge in [0.1, 0.15) is 11.5 Å². The Morgan fingerprint density at radius 3 is 3.07 bits per heavy atom. The first-order valence-corrected chi connectivity index (χ1v) is 4.10. The van der Waals surface area contributed by atoms with Crippen LogP contribution in [0.2, 0.25) is 0 Å². The van der Waals surface area contributed by atoms with Crippen LogP contribution in [0.4, 0.5) is 0 Å². The fourth-order valence-corrected chi connectivity index (χ4v) is 1.06. The van der Waals surface area contributed by atoms with E-state index in [1.54, 1.807) is 6.20 Å². The summed E-state index contributed by atoms with van der Waals surface area (Å²) < 4.78 is 0. The first kappa shape index (κ1) is 8.38. The lowest BCUT2D eigenvalue weighted by atomic mass is 10.3. The normalized spacial score (nSPS) is 9.64. The van der Waals surface area contributed by atoms with Crippen molar-refractivity contribution in [2.75, 3.05) is 0 Å². The molecule has 2 rings (SSSR count). The van der Waals surface area contributed by atoms with Crippen LogP contribution in [-0.4, -0.2) is 20.2 Å². The van der Waals surface area contributed by atoms with E-state index in [0.717, 1.165) is 0 Å². The highest BCUT2D eigenvalue weighted by atomic mass is 15.2. The van der Waals surface area contributed by atoms with E-state index in [2.05, 4.69) is 20.2 Å². The molecule has 0 spiro atoms. The van der Waals surface area contributed by atoms with E-state index in [1.165, 1.54) is 0 Å². The molecule has 0 aliphatic rings. The zero-order chi connectivity index (χ0) is 9.80. The number of nitrogens with one attached hydrogen (secondary N) is 1. The average molecular weight is 185 g/mol. The lowest BCUT2D eigenvalue weighted by Crippen LogP contribution is -1.85. The number of rotatable bonds is 2. The van der Waals surface area contributed by atoms with E-state index in [9.17, 15) is 0 Å². The molecule has 2 aromatic rings. The molecule has 0 aliphatic heterocycles. The van der Waals surface area contributed by atoms with Crippen molar-refractivity contribution in [3.05, 3.63) is 30.2 Å². The monoisotopic (exact) mass is 185 g/mol. The summed E-state index contributed by atoms with van der Waals surface area (Å²) in [4.78, 5) is 8.21. The van der Waals surface area contributed by atoms with E-state index >= 15 is 0 Å².